The standard InChI is InChI=1S/C14H11BrClN5/c1-8-2-5-13(11(15)6-8)21-14(18-19-20-21)10-7-9(17)3-4-12(10)16/h2-7H,17H2,1H3. The molecule has 0 unspecified atom stereocenters. The number of nitrogens with two attached hydrogens (primary N) is 1. The first-order chi connectivity index (χ1) is 10.1. The number of tetrazole rings is 1. The third-order valence-corrected chi connectivity index (χ3v) is 4.00. The zero-order chi connectivity index (χ0) is 15.0. The average molecular weight is 365 g/mol. The molecule has 0 aliphatic heterocycles. The number of nitrogen functional groups attached to an aromatic ring is 1. The highest BCUT2D eigenvalue weighted by atomic mass is 79.9. The molecule has 2 N–H and O–H groups in total. The van der Waals surface area contributed by atoms with E-state index < -0.39 is 0 Å². The fourth-order valence-electron chi connectivity index (χ4n) is 2.02. The molecular weight excluding hydrogens is 354 g/mol. The van der Waals surface area contributed by atoms with E-state index in [0.717, 1.165) is 15.7 Å². The first-order valence-electron chi connectivity index (χ1n) is 6.16. The van der Waals surface area contributed by atoms with Gasteiger partial charge in [0.25, 0.3) is 0 Å². The van der Waals surface area contributed by atoms with Crippen molar-refractivity contribution in [2.75, 3.05) is 5.73 Å². The van der Waals surface area contributed by atoms with Crippen molar-refractivity contribution < 1.29 is 0 Å². The summed E-state index contributed by atoms with van der Waals surface area (Å²) in [5.41, 5.74) is 9.09. The van der Waals surface area contributed by atoms with Crippen LogP contribution < -0.4 is 5.73 Å². The van der Waals surface area contributed by atoms with Crippen molar-refractivity contribution in [2.45, 2.75) is 6.92 Å². The van der Waals surface area contributed by atoms with Gasteiger partial charge in [-0.05, 0) is 69.2 Å². The van der Waals surface area contributed by atoms with Gasteiger partial charge in [0.2, 0.25) is 0 Å². The Morgan fingerprint density at radius 2 is 2.00 bits per heavy atom. The molecule has 7 heteroatoms. The Morgan fingerprint density at radius 3 is 2.76 bits per heavy atom. The number of nitrogens with zero attached hydrogens (tertiary/aromatic N) is 4. The predicted octanol–water partition coefficient (Wildman–Crippen LogP) is 3.64. The highest BCUT2D eigenvalue weighted by Crippen LogP contribution is 2.31. The molecule has 2 aromatic carbocycles. The monoisotopic (exact) mass is 363 g/mol. The normalized spacial score (nSPS) is 10.8. The molecule has 0 aliphatic rings. The van der Waals surface area contributed by atoms with Crippen LogP contribution in [-0.2, 0) is 0 Å². The lowest BCUT2D eigenvalue weighted by Gasteiger charge is -2.09. The second-order valence-electron chi connectivity index (χ2n) is 4.61. The summed E-state index contributed by atoms with van der Waals surface area (Å²) in [7, 11) is 0. The molecule has 0 radical (unpaired) electrons. The first-order valence-corrected chi connectivity index (χ1v) is 7.33. The maximum absolute atomic E-state index is 6.24. The second kappa shape index (κ2) is 5.46. The van der Waals surface area contributed by atoms with Crippen LogP contribution in [0.1, 0.15) is 5.56 Å². The SMILES string of the molecule is Cc1ccc(-n2nnnc2-c2cc(N)ccc2Cl)c(Br)c1. The van der Waals surface area contributed by atoms with Crippen LogP contribution in [0.25, 0.3) is 17.1 Å². The van der Waals surface area contributed by atoms with E-state index in [-0.39, 0.29) is 0 Å². The maximum Gasteiger partial charge on any atom is 0.188 e. The zero-order valence-corrected chi connectivity index (χ0v) is 13.4. The molecule has 0 saturated heterocycles. The molecule has 3 rings (SSSR count). The maximum atomic E-state index is 6.24. The van der Waals surface area contributed by atoms with Crippen LogP contribution in [0.4, 0.5) is 5.69 Å². The molecule has 106 valence electrons. The zero-order valence-electron chi connectivity index (χ0n) is 11.1. The summed E-state index contributed by atoms with van der Waals surface area (Å²) in [5.74, 6) is 0.539. The van der Waals surface area contributed by atoms with Gasteiger partial charge in [-0.15, -0.1) is 5.10 Å². The van der Waals surface area contributed by atoms with Crippen LogP contribution >= 0.6 is 27.5 Å². The Bertz CT molecular complexity index is 815. The summed E-state index contributed by atoms with van der Waals surface area (Å²) >= 11 is 9.77. The van der Waals surface area contributed by atoms with Gasteiger partial charge in [0, 0.05) is 15.7 Å². The van der Waals surface area contributed by atoms with Gasteiger partial charge in [0.05, 0.1) is 10.7 Å². The van der Waals surface area contributed by atoms with E-state index in [2.05, 4.69) is 31.5 Å². The number of benzene rings is 2. The van der Waals surface area contributed by atoms with Gasteiger partial charge >= 0.3 is 0 Å². The molecule has 0 spiro atoms. The van der Waals surface area contributed by atoms with Crippen LogP contribution in [0.5, 0.6) is 0 Å². The van der Waals surface area contributed by atoms with Crippen molar-refractivity contribution in [3.8, 4) is 17.1 Å². The van der Waals surface area contributed by atoms with Crippen LogP contribution in [0.3, 0.4) is 0 Å². The lowest BCUT2D eigenvalue weighted by molar-refractivity contribution is 0.788. The summed E-state index contributed by atoms with van der Waals surface area (Å²) in [6.07, 6.45) is 0. The van der Waals surface area contributed by atoms with Crippen molar-refractivity contribution >= 4 is 33.2 Å². The third kappa shape index (κ3) is 2.64. The number of rotatable bonds is 2. The van der Waals surface area contributed by atoms with Gasteiger partial charge in [0.15, 0.2) is 5.82 Å². The van der Waals surface area contributed by atoms with E-state index in [1.54, 1.807) is 22.9 Å². The molecule has 0 saturated carbocycles. The second-order valence-corrected chi connectivity index (χ2v) is 5.87. The Balaban J connectivity index is 2.19. The van der Waals surface area contributed by atoms with Crippen molar-refractivity contribution in [3.05, 3.63) is 51.5 Å². The predicted molar refractivity (Wildman–Crippen MR) is 86.4 cm³/mol. The van der Waals surface area contributed by atoms with Gasteiger partial charge in [-0.2, -0.15) is 4.68 Å². The Kier molecular flexibility index (Phi) is 3.65. The molecule has 0 aliphatic carbocycles. The number of halogens is 2. The van der Waals surface area contributed by atoms with Crippen LogP contribution in [0, 0.1) is 6.92 Å². The molecule has 0 fully saturated rings. The van der Waals surface area contributed by atoms with Gasteiger partial charge in [0.1, 0.15) is 0 Å². The van der Waals surface area contributed by atoms with Crippen molar-refractivity contribution in [3.63, 3.8) is 0 Å². The Morgan fingerprint density at radius 1 is 1.19 bits per heavy atom. The fraction of sp³-hybridized carbons (Fsp3) is 0.0714. The van der Waals surface area contributed by atoms with E-state index in [1.807, 2.05) is 25.1 Å². The largest absolute Gasteiger partial charge is 0.399 e. The van der Waals surface area contributed by atoms with E-state index in [1.165, 1.54) is 0 Å². The lowest BCUT2D eigenvalue weighted by Crippen LogP contribution is -2.02. The number of aryl methyl sites for hydroxylation is 1. The van der Waals surface area contributed by atoms with Crippen LogP contribution in [-0.4, -0.2) is 20.2 Å². The molecule has 0 bridgehead atoms. The summed E-state index contributed by atoms with van der Waals surface area (Å²) < 4.78 is 2.53. The number of anilines is 1. The van der Waals surface area contributed by atoms with Gasteiger partial charge in [-0.1, -0.05) is 17.7 Å². The first kappa shape index (κ1) is 14.0. The number of aromatic nitrogens is 4. The summed E-state index contributed by atoms with van der Waals surface area (Å²) in [5, 5.41) is 12.4. The van der Waals surface area contributed by atoms with Crippen LogP contribution in [0.2, 0.25) is 5.02 Å². The minimum atomic E-state index is 0.539. The van der Waals surface area contributed by atoms with Crippen LogP contribution in [0.15, 0.2) is 40.9 Å². The molecule has 1 heterocycles. The van der Waals surface area contributed by atoms with Crippen molar-refractivity contribution in [1.82, 2.24) is 20.2 Å². The molecular formula is C14H11BrClN5. The molecule has 21 heavy (non-hydrogen) atoms. The summed E-state index contributed by atoms with van der Waals surface area (Å²) in [6.45, 7) is 2.02. The van der Waals surface area contributed by atoms with Crippen molar-refractivity contribution in [2.24, 2.45) is 0 Å². The number of hydrogen-bond acceptors (Lipinski definition) is 4. The molecule has 3 aromatic rings. The third-order valence-electron chi connectivity index (χ3n) is 3.03. The van der Waals surface area contributed by atoms with E-state index in [9.17, 15) is 0 Å². The molecule has 5 nitrogen and oxygen atoms in total. The quantitative estimate of drug-likeness (QED) is 0.705. The van der Waals surface area contributed by atoms with Gasteiger partial charge in [-0.25, -0.2) is 0 Å². The minimum Gasteiger partial charge on any atom is -0.399 e. The molecule has 1 aromatic heterocycles. The lowest BCUT2D eigenvalue weighted by atomic mass is 10.2. The Hall–Kier alpha value is -1.92. The smallest absolute Gasteiger partial charge is 0.188 e. The van der Waals surface area contributed by atoms with E-state index in [4.69, 9.17) is 17.3 Å². The fourth-order valence-corrected chi connectivity index (χ4v) is 2.88. The summed E-state index contributed by atoms with van der Waals surface area (Å²) in [4.78, 5) is 0. The highest BCUT2D eigenvalue weighted by molar-refractivity contribution is 9.10. The Labute approximate surface area is 134 Å². The minimum absolute atomic E-state index is 0.539. The van der Waals surface area contributed by atoms with Crippen molar-refractivity contribution in [1.29, 1.82) is 0 Å². The molecule has 0 amide bonds. The topological polar surface area (TPSA) is 69.6 Å². The molecule has 0 atom stereocenters. The average Bonchev–Trinajstić information content (AvgIpc) is 2.90. The summed E-state index contributed by atoms with van der Waals surface area (Å²) in [6, 6.07) is 11.2. The highest BCUT2D eigenvalue weighted by Gasteiger charge is 2.16. The van der Waals surface area contributed by atoms with Gasteiger partial charge < -0.3 is 5.73 Å². The van der Waals surface area contributed by atoms with E-state index >= 15 is 0 Å². The number of hydrogen-bond donors (Lipinski definition) is 1. The van der Waals surface area contributed by atoms with Gasteiger partial charge in [-0.3, -0.25) is 0 Å². The van der Waals surface area contributed by atoms with E-state index in [0.29, 0.717) is 22.1 Å².